The Kier molecular flexibility index (Phi) is 2.89. The molecule has 0 aromatic carbocycles. The Hall–Kier alpha value is -0.800. The Morgan fingerprint density at radius 1 is 1.71 bits per heavy atom. The van der Waals surface area contributed by atoms with Crippen molar-refractivity contribution in [3.8, 4) is 0 Å². The van der Waals surface area contributed by atoms with Crippen molar-refractivity contribution in [3.63, 3.8) is 0 Å². The van der Waals surface area contributed by atoms with Gasteiger partial charge in [0, 0.05) is 24.1 Å². The van der Waals surface area contributed by atoms with Gasteiger partial charge >= 0.3 is 0 Å². The fourth-order valence-corrected chi connectivity index (χ4v) is 2.06. The van der Waals surface area contributed by atoms with Gasteiger partial charge in [-0.2, -0.15) is 0 Å². The molecular formula is C11H17NO2. The lowest BCUT2D eigenvalue weighted by molar-refractivity contribution is 0.235. The van der Waals surface area contributed by atoms with E-state index in [-0.39, 0.29) is 12.6 Å². The molecule has 1 aliphatic rings. The smallest absolute Gasteiger partial charge is 0.108 e. The van der Waals surface area contributed by atoms with E-state index in [2.05, 4.69) is 5.32 Å². The van der Waals surface area contributed by atoms with Crippen LogP contribution in [0.25, 0.3) is 0 Å². The molecule has 2 N–H and O–H groups in total. The summed E-state index contributed by atoms with van der Waals surface area (Å²) in [4.78, 5) is 0. The predicted molar refractivity (Wildman–Crippen MR) is 54.1 cm³/mol. The topological polar surface area (TPSA) is 45.4 Å². The minimum atomic E-state index is 0.154. The van der Waals surface area contributed by atoms with Crippen LogP contribution in [0.5, 0.6) is 0 Å². The largest absolute Gasteiger partial charge is 0.469 e. The van der Waals surface area contributed by atoms with Crippen molar-refractivity contribution >= 4 is 0 Å². The van der Waals surface area contributed by atoms with E-state index in [0.717, 1.165) is 25.0 Å². The molecule has 2 atom stereocenters. The van der Waals surface area contributed by atoms with Crippen LogP contribution in [0, 0.1) is 0 Å². The van der Waals surface area contributed by atoms with Gasteiger partial charge in [-0.05, 0) is 25.8 Å². The van der Waals surface area contributed by atoms with Crippen LogP contribution in [0.15, 0.2) is 16.7 Å². The maximum atomic E-state index is 8.98. The molecule has 2 rings (SSSR count). The van der Waals surface area contributed by atoms with Crippen molar-refractivity contribution in [3.05, 3.63) is 23.7 Å². The second-order valence-corrected chi connectivity index (χ2v) is 3.99. The van der Waals surface area contributed by atoms with E-state index >= 15 is 0 Å². The van der Waals surface area contributed by atoms with Crippen LogP contribution in [-0.4, -0.2) is 17.8 Å². The summed E-state index contributed by atoms with van der Waals surface area (Å²) < 4.78 is 5.40. The number of aryl methyl sites for hydroxylation is 1. The fraction of sp³-hybridized carbons (Fsp3) is 0.636. The summed E-state index contributed by atoms with van der Waals surface area (Å²) in [6.45, 7) is 2.18. The van der Waals surface area contributed by atoms with Gasteiger partial charge in [0.15, 0.2) is 0 Å². The van der Waals surface area contributed by atoms with Gasteiger partial charge in [-0.3, -0.25) is 0 Å². The first-order chi connectivity index (χ1) is 6.81. The highest BCUT2D eigenvalue weighted by atomic mass is 16.3. The van der Waals surface area contributed by atoms with Crippen LogP contribution in [0.1, 0.15) is 37.1 Å². The van der Waals surface area contributed by atoms with Gasteiger partial charge in [0.25, 0.3) is 0 Å². The molecule has 0 saturated heterocycles. The quantitative estimate of drug-likeness (QED) is 0.770. The van der Waals surface area contributed by atoms with Crippen LogP contribution in [-0.2, 0) is 6.42 Å². The van der Waals surface area contributed by atoms with Crippen molar-refractivity contribution in [2.75, 3.05) is 6.61 Å². The van der Waals surface area contributed by atoms with E-state index < -0.39 is 0 Å². The molecule has 0 radical (unpaired) electrons. The number of nitrogens with one attached hydrogen (secondary N) is 1. The summed E-state index contributed by atoms with van der Waals surface area (Å²) in [6, 6.07) is 2.55. The second-order valence-electron chi connectivity index (χ2n) is 3.99. The number of rotatable bonds is 3. The molecule has 1 aromatic rings. The minimum absolute atomic E-state index is 0.154. The van der Waals surface area contributed by atoms with Gasteiger partial charge in [-0.1, -0.05) is 0 Å². The molecule has 1 unspecified atom stereocenters. The summed E-state index contributed by atoms with van der Waals surface area (Å²) in [5.41, 5.74) is 1.27. The molecule has 1 aromatic heterocycles. The highest BCUT2D eigenvalue weighted by Crippen LogP contribution is 2.30. The number of fused-ring (bicyclic) bond motifs is 1. The lowest BCUT2D eigenvalue weighted by Crippen LogP contribution is -2.34. The number of furan rings is 1. The molecule has 14 heavy (non-hydrogen) atoms. The van der Waals surface area contributed by atoms with Crippen molar-refractivity contribution in [2.24, 2.45) is 0 Å². The van der Waals surface area contributed by atoms with E-state index in [4.69, 9.17) is 9.52 Å². The van der Waals surface area contributed by atoms with E-state index in [9.17, 15) is 0 Å². The summed E-state index contributed by atoms with van der Waals surface area (Å²) in [7, 11) is 0. The Morgan fingerprint density at radius 2 is 2.57 bits per heavy atom. The van der Waals surface area contributed by atoms with Crippen LogP contribution >= 0.6 is 0 Å². The van der Waals surface area contributed by atoms with Crippen molar-refractivity contribution in [1.29, 1.82) is 0 Å². The Labute approximate surface area is 84.1 Å². The highest BCUT2D eigenvalue weighted by Gasteiger charge is 2.23. The normalized spacial score (nSPS) is 23.1. The summed E-state index contributed by atoms with van der Waals surface area (Å²) in [5.74, 6) is 1.11. The molecule has 0 fully saturated rings. The SMILES string of the molecule is C[C@H](CO)NC1CCCc2occc21. The van der Waals surface area contributed by atoms with Crippen molar-refractivity contribution < 1.29 is 9.52 Å². The average Bonchev–Trinajstić information content (AvgIpc) is 2.66. The minimum Gasteiger partial charge on any atom is -0.469 e. The molecule has 1 heterocycles. The van der Waals surface area contributed by atoms with Gasteiger partial charge in [0.1, 0.15) is 5.76 Å². The molecule has 3 heteroatoms. The third kappa shape index (κ3) is 1.83. The molecule has 1 aliphatic carbocycles. The molecule has 0 amide bonds. The van der Waals surface area contributed by atoms with Crippen LogP contribution < -0.4 is 5.32 Å². The summed E-state index contributed by atoms with van der Waals surface area (Å²) >= 11 is 0. The van der Waals surface area contributed by atoms with E-state index in [1.807, 2.05) is 13.0 Å². The monoisotopic (exact) mass is 195 g/mol. The van der Waals surface area contributed by atoms with Crippen molar-refractivity contribution in [1.82, 2.24) is 5.32 Å². The number of aliphatic hydroxyl groups is 1. The Morgan fingerprint density at radius 3 is 3.36 bits per heavy atom. The molecule has 78 valence electrons. The molecule has 0 bridgehead atoms. The van der Waals surface area contributed by atoms with Crippen molar-refractivity contribution in [2.45, 2.75) is 38.3 Å². The van der Waals surface area contributed by atoms with Gasteiger partial charge in [0.05, 0.1) is 12.9 Å². The zero-order chi connectivity index (χ0) is 9.97. The standard InChI is InChI=1S/C11H17NO2/c1-8(7-13)12-10-3-2-4-11-9(10)5-6-14-11/h5-6,8,10,12-13H,2-4,7H2,1H3/t8-,10?/m1/s1. The predicted octanol–water partition coefficient (Wildman–Crippen LogP) is 1.63. The zero-order valence-electron chi connectivity index (χ0n) is 8.49. The van der Waals surface area contributed by atoms with Gasteiger partial charge in [-0.25, -0.2) is 0 Å². The maximum Gasteiger partial charge on any atom is 0.108 e. The summed E-state index contributed by atoms with van der Waals surface area (Å²) in [6.07, 6.45) is 5.11. The lowest BCUT2D eigenvalue weighted by Gasteiger charge is -2.25. The first-order valence-corrected chi connectivity index (χ1v) is 5.24. The first kappa shape index (κ1) is 9.74. The second kappa shape index (κ2) is 4.15. The highest BCUT2D eigenvalue weighted by molar-refractivity contribution is 5.24. The van der Waals surface area contributed by atoms with E-state index in [1.165, 1.54) is 5.56 Å². The lowest BCUT2D eigenvalue weighted by atomic mass is 9.93. The third-order valence-corrected chi connectivity index (χ3v) is 2.81. The zero-order valence-corrected chi connectivity index (χ0v) is 8.49. The molecule has 3 nitrogen and oxygen atoms in total. The first-order valence-electron chi connectivity index (χ1n) is 5.24. The fourth-order valence-electron chi connectivity index (χ4n) is 2.06. The van der Waals surface area contributed by atoms with Gasteiger partial charge in [-0.15, -0.1) is 0 Å². The third-order valence-electron chi connectivity index (χ3n) is 2.81. The Balaban J connectivity index is 2.08. The van der Waals surface area contributed by atoms with E-state index in [0.29, 0.717) is 6.04 Å². The molecule has 0 spiro atoms. The molecule has 0 saturated carbocycles. The molecule has 0 aliphatic heterocycles. The van der Waals surface area contributed by atoms with Crippen LogP contribution in [0.2, 0.25) is 0 Å². The van der Waals surface area contributed by atoms with E-state index in [1.54, 1.807) is 6.26 Å². The van der Waals surface area contributed by atoms with Gasteiger partial charge in [0.2, 0.25) is 0 Å². The summed E-state index contributed by atoms with van der Waals surface area (Å²) in [5, 5.41) is 12.4. The maximum absolute atomic E-state index is 8.98. The number of aliphatic hydroxyl groups excluding tert-OH is 1. The number of hydrogen-bond donors (Lipinski definition) is 2. The number of hydrogen-bond acceptors (Lipinski definition) is 3. The molecular weight excluding hydrogens is 178 g/mol. The Bertz CT molecular complexity index is 295. The van der Waals surface area contributed by atoms with Gasteiger partial charge < -0.3 is 14.8 Å². The average molecular weight is 195 g/mol. The van der Waals surface area contributed by atoms with Crippen LogP contribution in [0.4, 0.5) is 0 Å². The van der Waals surface area contributed by atoms with Crippen LogP contribution in [0.3, 0.4) is 0 Å².